The molecule has 0 unspecified atom stereocenters. The standard InChI is InChI=1S/C28H24FN7O3/c1-2-39-19-9-10-22(31-16-19)27-34-33-26(36(27)23-7-4-3-6-21(23)29)17-14-18(15-17)32-28(37)20-11-13-35(38)24-8-5-12-30-25(20)24/h3-13,16-18H,2,14-15H2,1H3,(H,32,37)/t17-,18-. The Bertz CT molecular complexity index is 1670. The summed E-state index contributed by atoms with van der Waals surface area (Å²) in [5.74, 6) is 0.858. The summed E-state index contributed by atoms with van der Waals surface area (Å²) >= 11 is 0. The van der Waals surface area contributed by atoms with Crippen LogP contribution in [0.2, 0.25) is 0 Å². The molecule has 0 bridgehead atoms. The van der Waals surface area contributed by atoms with Gasteiger partial charge in [0.05, 0.1) is 24.1 Å². The zero-order valence-electron chi connectivity index (χ0n) is 21.0. The highest BCUT2D eigenvalue weighted by atomic mass is 19.1. The Labute approximate surface area is 222 Å². The van der Waals surface area contributed by atoms with E-state index in [-0.39, 0.29) is 17.9 Å². The van der Waals surface area contributed by atoms with Gasteiger partial charge in [-0.1, -0.05) is 12.1 Å². The van der Waals surface area contributed by atoms with E-state index in [1.807, 2.05) is 6.92 Å². The van der Waals surface area contributed by atoms with E-state index in [1.54, 1.807) is 59.4 Å². The first-order valence-corrected chi connectivity index (χ1v) is 12.6. The molecule has 0 saturated heterocycles. The second kappa shape index (κ2) is 10.1. The number of rotatable bonds is 7. The fourth-order valence-corrected chi connectivity index (χ4v) is 4.84. The van der Waals surface area contributed by atoms with E-state index in [0.717, 1.165) is 0 Å². The van der Waals surface area contributed by atoms with Crippen LogP contribution in [0, 0.1) is 11.0 Å². The summed E-state index contributed by atoms with van der Waals surface area (Å²) in [5.41, 5.74) is 1.85. The van der Waals surface area contributed by atoms with Crippen LogP contribution in [0.5, 0.6) is 5.75 Å². The molecule has 5 aromatic rings. The van der Waals surface area contributed by atoms with E-state index < -0.39 is 5.82 Å². The van der Waals surface area contributed by atoms with Gasteiger partial charge in [-0.15, -0.1) is 10.2 Å². The number of carbonyl (C=O) groups excluding carboxylic acids is 1. The number of nitrogens with zero attached hydrogens (tertiary/aromatic N) is 6. The zero-order chi connectivity index (χ0) is 26.9. The third kappa shape index (κ3) is 4.52. The molecule has 1 aliphatic rings. The third-order valence-electron chi connectivity index (χ3n) is 6.80. The van der Waals surface area contributed by atoms with E-state index in [2.05, 4.69) is 25.5 Å². The molecule has 0 radical (unpaired) electrons. The van der Waals surface area contributed by atoms with Crippen molar-refractivity contribution in [2.75, 3.05) is 6.61 Å². The van der Waals surface area contributed by atoms with Crippen LogP contribution in [-0.2, 0) is 0 Å². The fraction of sp³-hybridized carbons (Fsp3) is 0.214. The topological polar surface area (TPSA) is 122 Å². The number of carbonyl (C=O) groups is 1. The van der Waals surface area contributed by atoms with Crippen LogP contribution >= 0.6 is 0 Å². The highest BCUT2D eigenvalue weighted by Gasteiger charge is 2.37. The minimum atomic E-state index is -0.408. The largest absolute Gasteiger partial charge is 0.618 e. The summed E-state index contributed by atoms with van der Waals surface area (Å²) in [6.07, 6.45) is 5.63. The van der Waals surface area contributed by atoms with Crippen molar-refractivity contribution in [1.29, 1.82) is 0 Å². The van der Waals surface area contributed by atoms with Crippen molar-refractivity contribution in [2.45, 2.75) is 31.7 Å². The molecular formula is C28H24FN7O3. The maximum atomic E-state index is 15.0. The molecule has 39 heavy (non-hydrogen) atoms. The Morgan fingerprint density at radius 3 is 2.74 bits per heavy atom. The van der Waals surface area contributed by atoms with Crippen molar-refractivity contribution in [3.05, 3.63) is 95.6 Å². The average Bonchev–Trinajstić information content (AvgIpc) is 3.36. The van der Waals surface area contributed by atoms with Gasteiger partial charge in [0, 0.05) is 30.3 Å². The van der Waals surface area contributed by atoms with Gasteiger partial charge in [0.15, 0.2) is 12.0 Å². The molecule has 1 N–H and O–H groups in total. The Balaban J connectivity index is 1.25. The van der Waals surface area contributed by atoms with Crippen molar-refractivity contribution in [3.63, 3.8) is 0 Å². The van der Waals surface area contributed by atoms with Gasteiger partial charge in [-0.3, -0.25) is 9.36 Å². The first-order valence-electron chi connectivity index (χ1n) is 12.6. The predicted octanol–water partition coefficient (Wildman–Crippen LogP) is 3.72. The molecule has 196 valence electrons. The van der Waals surface area contributed by atoms with Gasteiger partial charge in [-0.2, -0.15) is 4.73 Å². The molecule has 0 aliphatic heterocycles. The molecule has 0 atom stereocenters. The minimum Gasteiger partial charge on any atom is -0.618 e. The maximum Gasteiger partial charge on any atom is 0.254 e. The quantitative estimate of drug-likeness (QED) is 0.254. The third-order valence-corrected chi connectivity index (χ3v) is 6.80. The number of para-hydroxylation sites is 1. The molecule has 1 aliphatic carbocycles. The van der Waals surface area contributed by atoms with E-state index in [4.69, 9.17) is 4.74 Å². The SMILES string of the molecule is CCOc1ccc(-c2nnc([C@H]3C[C@H](NC(=O)c4cc[n+]([O-])c5cccnc45)C3)n2-c2ccccc2F)nc1. The molecule has 6 rings (SSSR count). The molecule has 10 nitrogen and oxygen atoms in total. The lowest BCUT2D eigenvalue weighted by Crippen LogP contribution is -2.44. The number of nitrogens with one attached hydrogen (secondary N) is 1. The van der Waals surface area contributed by atoms with Crippen molar-refractivity contribution in [1.82, 2.24) is 30.0 Å². The second-order valence-corrected chi connectivity index (χ2v) is 9.25. The number of fused-ring (bicyclic) bond motifs is 1. The van der Waals surface area contributed by atoms with E-state index in [1.165, 1.54) is 18.3 Å². The van der Waals surface area contributed by atoms with Crippen LogP contribution in [0.25, 0.3) is 28.2 Å². The average molecular weight is 526 g/mol. The number of halogens is 1. The van der Waals surface area contributed by atoms with E-state index in [0.29, 0.717) is 69.6 Å². The lowest BCUT2D eigenvalue weighted by Gasteiger charge is -2.35. The number of hydrogen-bond donors (Lipinski definition) is 1. The monoisotopic (exact) mass is 525 g/mol. The van der Waals surface area contributed by atoms with Gasteiger partial charge in [0.2, 0.25) is 5.52 Å². The molecule has 11 heteroatoms. The molecule has 0 spiro atoms. The Hall–Kier alpha value is -4.93. The molecule has 1 aromatic carbocycles. The fourth-order valence-electron chi connectivity index (χ4n) is 4.84. The summed E-state index contributed by atoms with van der Waals surface area (Å²) in [5, 5.41) is 23.9. The Kier molecular flexibility index (Phi) is 6.31. The van der Waals surface area contributed by atoms with Crippen LogP contribution in [-0.4, -0.2) is 43.3 Å². The van der Waals surface area contributed by atoms with Crippen LogP contribution in [0.3, 0.4) is 0 Å². The number of aromatic nitrogens is 6. The first kappa shape index (κ1) is 24.4. The molecule has 1 fully saturated rings. The van der Waals surface area contributed by atoms with E-state index in [9.17, 15) is 14.4 Å². The zero-order valence-corrected chi connectivity index (χ0v) is 21.0. The van der Waals surface area contributed by atoms with Crippen LogP contribution in [0.1, 0.15) is 41.9 Å². The summed E-state index contributed by atoms with van der Waals surface area (Å²) in [7, 11) is 0. The summed E-state index contributed by atoms with van der Waals surface area (Å²) in [4.78, 5) is 21.7. The van der Waals surface area contributed by atoms with E-state index >= 15 is 0 Å². The minimum absolute atomic E-state index is 0.0618. The van der Waals surface area contributed by atoms with Gasteiger partial charge in [0.25, 0.3) is 5.91 Å². The lowest BCUT2D eigenvalue weighted by atomic mass is 9.79. The second-order valence-electron chi connectivity index (χ2n) is 9.25. The Morgan fingerprint density at radius 2 is 1.97 bits per heavy atom. The van der Waals surface area contributed by atoms with Crippen molar-refractivity contribution in [2.24, 2.45) is 0 Å². The van der Waals surface area contributed by atoms with Crippen molar-refractivity contribution in [3.8, 4) is 23.0 Å². The number of hydrogen-bond acceptors (Lipinski definition) is 7. The smallest absolute Gasteiger partial charge is 0.254 e. The van der Waals surface area contributed by atoms with Crippen molar-refractivity contribution >= 4 is 16.9 Å². The molecular weight excluding hydrogens is 501 g/mol. The highest BCUT2D eigenvalue weighted by Crippen LogP contribution is 2.39. The number of benzene rings is 1. The summed E-state index contributed by atoms with van der Waals surface area (Å²) < 4.78 is 22.8. The lowest BCUT2D eigenvalue weighted by molar-refractivity contribution is -0.577. The van der Waals surface area contributed by atoms with Crippen LogP contribution in [0.15, 0.2) is 73.2 Å². The Morgan fingerprint density at radius 1 is 1.13 bits per heavy atom. The number of ether oxygens (including phenoxy) is 1. The normalized spacial score (nSPS) is 16.6. The van der Waals surface area contributed by atoms with Gasteiger partial charge in [-0.25, -0.2) is 14.4 Å². The van der Waals surface area contributed by atoms with Crippen LogP contribution in [0.4, 0.5) is 4.39 Å². The van der Waals surface area contributed by atoms with Gasteiger partial charge in [0.1, 0.15) is 28.6 Å². The van der Waals surface area contributed by atoms with Gasteiger partial charge >= 0.3 is 0 Å². The maximum absolute atomic E-state index is 15.0. The number of pyridine rings is 3. The van der Waals surface area contributed by atoms with Crippen LogP contribution < -0.4 is 14.8 Å². The molecule has 1 amide bonds. The highest BCUT2D eigenvalue weighted by molar-refractivity contribution is 6.03. The van der Waals surface area contributed by atoms with Gasteiger partial charge < -0.3 is 15.3 Å². The molecule has 1 saturated carbocycles. The summed E-state index contributed by atoms with van der Waals surface area (Å²) in [6.45, 7) is 2.41. The first-order chi connectivity index (χ1) is 19.0. The predicted molar refractivity (Wildman–Crippen MR) is 140 cm³/mol. The molecule has 4 heterocycles. The number of amides is 1. The molecule has 4 aromatic heterocycles. The van der Waals surface area contributed by atoms with Crippen molar-refractivity contribution < 1.29 is 18.7 Å². The van der Waals surface area contributed by atoms with Gasteiger partial charge in [-0.05, 0) is 50.1 Å². The summed E-state index contributed by atoms with van der Waals surface area (Å²) in [6, 6.07) is 14.6.